The minimum absolute atomic E-state index is 0.152. The highest BCUT2D eigenvalue weighted by atomic mass is 16.6. The van der Waals surface area contributed by atoms with E-state index in [2.05, 4.69) is 10.1 Å². The fourth-order valence-corrected chi connectivity index (χ4v) is 1.96. The molecule has 0 bridgehead atoms. The van der Waals surface area contributed by atoms with Gasteiger partial charge in [0.1, 0.15) is 6.61 Å². The lowest BCUT2D eigenvalue weighted by molar-refractivity contribution is -0.112. The first-order valence-corrected chi connectivity index (χ1v) is 5.14. The van der Waals surface area contributed by atoms with Crippen LogP contribution in [0.15, 0.2) is 35.6 Å². The highest BCUT2D eigenvalue weighted by Gasteiger charge is 2.22. The largest absolute Gasteiger partial charge is 0.390 e. The molecule has 1 amide bonds. The van der Waals surface area contributed by atoms with E-state index in [1.165, 1.54) is 0 Å². The first-order chi connectivity index (χ1) is 8.27. The number of oxime groups is 1. The zero-order valence-corrected chi connectivity index (χ0v) is 8.88. The number of pyridine rings is 1. The molecule has 1 aliphatic heterocycles. The predicted octanol–water partition coefficient (Wildman–Crippen LogP) is 0.954. The van der Waals surface area contributed by atoms with E-state index in [-0.39, 0.29) is 5.71 Å². The van der Waals surface area contributed by atoms with E-state index in [4.69, 9.17) is 10.6 Å². The molecule has 0 saturated heterocycles. The Morgan fingerprint density at radius 1 is 1.35 bits per heavy atom. The summed E-state index contributed by atoms with van der Waals surface area (Å²) in [7, 11) is 0. The van der Waals surface area contributed by atoms with E-state index in [9.17, 15) is 4.79 Å². The third-order valence-corrected chi connectivity index (χ3v) is 2.73. The maximum Gasteiger partial charge on any atom is 0.271 e. The Morgan fingerprint density at radius 2 is 2.24 bits per heavy atom. The van der Waals surface area contributed by atoms with Gasteiger partial charge in [0.2, 0.25) is 0 Å². The van der Waals surface area contributed by atoms with E-state index in [0.717, 1.165) is 16.5 Å². The molecule has 2 N–H and O–H groups in total. The Kier molecular flexibility index (Phi) is 2.04. The predicted molar refractivity (Wildman–Crippen MR) is 62.3 cm³/mol. The summed E-state index contributed by atoms with van der Waals surface area (Å²) in [4.78, 5) is 20.6. The van der Waals surface area contributed by atoms with Gasteiger partial charge >= 0.3 is 0 Å². The van der Waals surface area contributed by atoms with Crippen LogP contribution in [0.2, 0.25) is 0 Å². The van der Waals surface area contributed by atoms with Crippen LogP contribution in [0, 0.1) is 0 Å². The molecule has 0 radical (unpaired) electrons. The van der Waals surface area contributed by atoms with Crippen LogP contribution in [0.1, 0.15) is 11.1 Å². The molecule has 3 rings (SSSR count). The van der Waals surface area contributed by atoms with Crippen molar-refractivity contribution in [2.45, 2.75) is 6.61 Å². The molecular weight excluding hydrogens is 218 g/mol. The van der Waals surface area contributed by atoms with Crippen molar-refractivity contribution in [2.24, 2.45) is 10.9 Å². The zero-order valence-electron chi connectivity index (χ0n) is 8.88. The average Bonchev–Trinajstić information content (AvgIpc) is 2.37. The molecule has 0 atom stereocenters. The van der Waals surface area contributed by atoms with Crippen molar-refractivity contribution in [1.82, 2.24) is 4.98 Å². The van der Waals surface area contributed by atoms with Gasteiger partial charge in [-0.2, -0.15) is 0 Å². The number of primary amides is 1. The highest BCUT2D eigenvalue weighted by Crippen LogP contribution is 2.24. The molecule has 1 aromatic carbocycles. The highest BCUT2D eigenvalue weighted by molar-refractivity contribution is 6.45. The maximum absolute atomic E-state index is 11.2. The summed E-state index contributed by atoms with van der Waals surface area (Å²) in [6.07, 6.45) is 1.71. The smallest absolute Gasteiger partial charge is 0.271 e. The first-order valence-electron chi connectivity index (χ1n) is 5.14. The number of aromatic nitrogens is 1. The lowest BCUT2D eigenvalue weighted by Crippen LogP contribution is -2.27. The number of benzene rings is 1. The number of hydrogen-bond donors (Lipinski definition) is 1. The molecule has 5 nitrogen and oxygen atoms in total. The van der Waals surface area contributed by atoms with E-state index in [1.54, 1.807) is 6.20 Å². The number of nitrogens with zero attached hydrogens (tertiary/aromatic N) is 2. The van der Waals surface area contributed by atoms with E-state index in [1.807, 2.05) is 24.3 Å². The third-order valence-electron chi connectivity index (χ3n) is 2.73. The number of carbonyl (C=O) groups is 1. The van der Waals surface area contributed by atoms with E-state index in [0.29, 0.717) is 12.2 Å². The minimum atomic E-state index is -0.596. The Labute approximate surface area is 96.9 Å². The summed E-state index contributed by atoms with van der Waals surface area (Å²) < 4.78 is 0. The Morgan fingerprint density at radius 3 is 3.06 bits per heavy atom. The number of carbonyl (C=O) groups excluding carboxylic acids is 1. The number of rotatable bonds is 1. The summed E-state index contributed by atoms with van der Waals surface area (Å²) in [6, 6.07) is 7.54. The fraction of sp³-hybridized carbons (Fsp3) is 0.0833. The van der Waals surface area contributed by atoms with Gasteiger partial charge in [-0.25, -0.2) is 0 Å². The molecule has 0 aliphatic carbocycles. The second kappa shape index (κ2) is 3.55. The van der Waals surface area contributed by atoms with Gasteiger partial charge in [0, 0.05) is 22.7 Å². The van der Waals surface area contributed by atoms with Crippen LogP contribution in [0.3, 0.4) is 0 Å². The monoisotopic (exact) mass is 227 g/mol. The second-order valence-electron chi connectivity index (χ2n) is 3.74. The molecule has 1 aromatic heterocycles. The molecule has 0 spiro atoms. The van der Waals surface area contributed by atoms with Gasteiger partial charge in [-0.05, 0) is 6.07 Å². The molecule has 0 saturated carbocycles. The SMILES string of the molecule is NC(=O)C1=NOCc2c1ccc1cccnc21. The van der Waals surface area contributed by atoms with Crippen molar-refractivity contribution >= 4 is 22.5 Å². The molecule has 17 heavy (non-hydrogen) atoms. The van der Waals surface area contributed by atoms with Crippen molar-refractivity contribution in [3.8, 4) is 0 Å². The molecule has 0 unspecified atom stereocenters. The summed E-state index contributed by atoms with van der Waals surface area (Å²) in [5.74, 6) is -0.596. The molecular formula is C12H9N3O2. The van der Waals surface area contributed by atoms with Gasteiger partial charge in [0.05, 0.1) is 5.52 Å². The standard InChI is InChI=1S/C12H9N3O2/c13-12(16)11-8-4-3-7-2-1-5-14-10(7)9(8)6-17-15-11/h1-5H,6H2,(H2,13,16). The van der Waals surface area contributed by atoms with Gasteiger partial charge in [0.25, 0.3) is 5.91 Å². The Balaban J connectivity index is 2.32. The summed E-state index contributed by atoms with van der Waals surface area (Å²) >= 11 is 0. The summed E-state index contributed by atoms with van der Waals surface area (Å²) in [5.41, 5.74) is 7.78. The quantitative estimate of drug-likeness (QED) is 0.788. The average molecular weight is 227 g/mol. The first kappa shape index (κ1) is 9.77. The molecule has 5 heteroatoms. The number of nitrogens with two attached hydrogens (primary N) is 1. The number of hydrogen-bond acceptors (Lipinski definition) is 4. The van der Waals surface area contributed by atoms with Crippen molar-refractivity contribution in [1.29, 1.82) is 0 Å². The topological polar surface area (TPSA) is 77.6 Å². The molecule has 2 heterocycles. The molecule has 0 fully saturated rings. The zero-order chi connectivity index (χ0) is 11.8. The number of amides is 1. The minimum Gasteiger partial charge on any atom is -0.390 e. The van der Waals surface area contributed by atoms with Crippen LogP contribution >= 0.6 is 0 Å². The van der Waals surface area contributed by atoms with Crippen molar-refractivity contribution < 1.29 is 9.63 Å². The van der Waals surface area contributed by atoms with Gasteiger partial charge < -0.3 is 10.6 Å². The van der Waals surface area contributed by atoms with E-state index < -0.39 is 5.91 Å². The van der Waals surface area contributed by atoms with Gasteiger partial charge in [-0.15, -0.1) is 0 Å². The lowest BCUT2D eigenvalue weighted by Gasteiger charge is -2.15. The van der Waals surface area contributed by atoms with Crippen LogP contribution in [0.25, 0.3) is 10.9 Å². The van der Waals surface area contributed by atoms with Crippen LogP contribution in [0.4, 0.5) is 0 Å². The lowest BCUT2D eigenvalue weighted by atomic mass is 9.99. The Bertz CT molecular complexity index is 649. The molecule has 1 aliphatic rings. The van der Waals surface area contributed by atoms with Crippen molar-refractivity contribution in [3.63, 3.8) is 0 Å². The maximum atomic E-state index is 11.2. The van der Waals surface area contributed by atoms with Crippen LogP contribution < -0.4 is 5.73 Å². The van der Waals surface area contributed by atoms with Gasteiger partial charge in [-0.3, -0.25) is 9.78 Å². The summed E-state index contributed by atoms with van der Waals surface area (Å²) in [5, 5.41) is 4.69. The van der Waals surface area contributed by atoms with Gasteiger partial charge in [-0.1, -0.05) is 23.4 Å². The van der Waals surface area contributed by atoms with Crippen molar-refractivity contribution in [3.05, 3.63) is 41.6 Å². The van der Waals surface area contributed by atoms with Crippen LogP contribution in [0.5, 0.6) is 0 Å². The normalized spacial score (nSPS) is 13.8. The molecule has 84 valence electrons. The van der Waals surface area contributed by atoms with Gasteiger partial charge in [0.15, 0.2) is 5.71 Å². The summed E-state index contributed by atoms with van der Waals surface area (Å²) in [6.45, 7) is 0.306. The van der Waals surface area contributed by atoms with Crippen LogP contribution in [-0.4, -0.2) is 16.6 Å². The second-order valence-corrected chi connectivity index (χ2v) is 3.74. The van der Waals surface area contributed by atoms with Crippen LogP contribution in [-0.2, 0) is 16.2 Å². The number of fused-ring (bicyclic) bond motifs is 3. The molecule has 2 aromatic rings. The fourth-order valence-electron chi connectivity index (χ4n) is 1.96. The van der Waals surface area contributed by atoms with Crippen molar-refractivity contribution in [2.75, 3.05) is 0 Å². The third kappa shape index (κ3) is 1.44. The Hall–Kier alpha value is -2.43. The van der Waals surface area contributed by atoms with E-state index >= 15 is 0 Å².